The van der Waals surface area contributed by atoms with Crippen molar-refractivity contribution < 1.29 is 14.2 Å². The zero-order valence-corrected chi connectivity index (χ0v) is 12.8. The second kappa shape index (κ2) is 6.95. The number of benzene rings is 1. The van der Waals surface area contributed by atoms with Crippen LogP contribution in [0.2, 0.25) is 0 Å². The van der Waals surface area contributed by atoms with Crippen LogP contribution in [0.3, 0.4) is 0 Å². The lowest BCUT2D eigenvalue weighted by Crippen LogP contribution is -2.41. The summed E-state index contributed by atoms with van der Waals surface area (Å²) in [6, 6.07) is 6.62. The Bertz CT molecular complexity index is 434. The van der Waals surface area contributed by atoms with E-state index in [1.54, 1.807) is 14.2 Å². The van der Waals surface area contributed by atoms with Crippen molar-refractivity contribution in [1.82, 2.24) is 5.32 Å². The Labute approximate surface area is 121 Å². The molecule has 0 aromatic heterocycles. The minimum absolute atomic E-state index is 0.288. The Hall–Kier alpha value is -1.26. The molecule has 1 aliphatic heterocycles. The number of fused-ring (bicyclic) bond motifs is 1. The molecule has 2 atom stereocenters. The van der Waals surface area contributed by atoms with Crippen molar-refractivity contribution in [2.24, 2.45) is 5.92 Å². The van der Waals surface area contributed by atoms with Crippen molar-refractivity contribution in [3.05, 3.63) is 23.8 Å². The quantitative estimate of drug-likeness (QED) is 0.869. The van der Waals surface area contributed by atoms with Gasteiger partial charge in [0.1, 0.15) is 11.5 Å². The molecule has 0 bridgehead atoms. The van der Waals surface area contributed by atoms with Gasteiger partial charge in [0.2, 0.25) is 0 Å². The molecule has 1 heterocycles. The normalized spacial score (nSPS) is 19.4. The molecule has 0 fully saturated rings. The van der Waals surface area contributed by atoms with Crippen molar-refractivity contribution in [3.8, 4) is 11.5 Å². The highest BCUT2D eigenvalue weighted by Crippen LogP contribution is 2.35. The van der Waals surface area contributed by atoms with E-state index in [0.717, 1.165) is 24.5 Å². The van der Waals surface area contributed by atoms with Gasteiger partial charge in [-0.3, -0.25) is 0 Å². The molecule has 1 aromatic rings. The summed E-state index contributed by atoms with van der Waals surface area (Å²) in [6.45, 7) is 5.88. The van der Waals surface area contributed by atoms with Gasteiger partial charge in [0.05, 0.1) is 20.3 Å². The molecule has 1 aliphatic rings. The van der Waals surface area contributed by atoms with E-state index in [4.69, 9.17) is 14.2 Å². The van der Waals surface area contributed by atoms with Crippen LogP contribution in [0.15, 0.2) is 18.2 Å². The van der Waals surface area contributed by atoms with Gasteiger partial charge in [-0.1, -0.05) is 13.8 Å². The topological polar surface area (TPSA) is 39.7 Å². The van der Waals surface area contributed by atoms with Gasteiger partial charge in [-0.25, -0.2) is 0 Å². The maximum Gasteiger partial charge on any atom is 0.124 e. The Morgan fingerprint density at radius 3 is 2.80 bits per heavy atom. The van der Waals surface area contributed by atoms with Crippen LogP contribution < -0.4 is 14.8 Å². The summed E-state index contributed by atoms with van der Waals surface area (Å²) < 4.78 is 16.4. The van der Waals surface area contributed by atoms with Crippen molar-refractivity contribution in [1.29, 1.82) is 0 Å². The molecule has 0 aliphatic carbocycles. The highest BCUT2D eigenvalue weighted by atomic mass is 16.5. The summed E-state index contributed by atoms with van der Waals surface area (Å²) >= 11 is 0. The minimum Gasteiger partial charge on any atom is -0.497 e. The highest BCUT2D eigenvalue weighted by molar-refractivity contribution is 5.43. The molecule has 1 aromatic carbocycles. The zero-order valence-electron chi connectivity index (χ0n) is 12.8. The first-order valence-electron chi connectivity index (χ1n) is 7.21. The van der Waals surface area contributed by atoms with Crippen LogP contribution in [0.25, 0.3) is 0 Å². The van der Waals surface area contributed by atoms with Crippen LogP contribution >= 0.6 is 0 Å². The third kappa shape index (κ3) is 3.44. The van der Waals surface area contributed by atoms with Crippen molar-refractivity contribution in [2.75, 3.05) is 27.4 Å². The van der Waals surface area contributed by atoms with E-state index < -0.39 is 0 Å². The van der Waals surface area contributed by atoms with Crippen molar-refractivity contribution in [2.45, 2.75) is 32.4 Å². The molecule has 0 spiro atoms. The molecule has 1 N–H and O–H groups in total. The zero-order chi connectivity index (χ0) is 14.5. The summed E-state index contributed by atoms with van der Waals surface area (Å²) in [5, 5.41) is 3.70. The molecule has 0 saturated carbocycles. The molecule has 0 amide bonds. The molecule has 2 unspecified atom stereocenters. The minimum atomic E-state index is 0.288. The molecular formula is C16H25NO3. The summed E-state index contributed by atoms with van der Waals surface area (Å²) in [4.78, 5) is 0. The average molecular weight is 279 g/mol. The predicted octanol–water partition coefficient (Wildman–Crippen LogP) is 2.78. The number of ether oxygens (including phenoxy) is 3. The number of methoxy groups -OCH3 is 2. The van der Waals surface area contributed by atoms with Gasteiger partial charge in [0.25, 0.3) is 0 Å². The van der Waals surface area contributed by atoms with Crippen LogP contribution in [0.1, 0.15) is 31.9 Å². The van der Waals surface area contributed by atoms with Crippen LogP contribution in [-0.2, 0) is 4.74 Å². The van der Waals surface area contributed by atoms with E-state index in [2.05, 4.69) is 25.2 Å². The Morgan fingerprint density at radius 1 is 1.35 bits per heavy atom. The molecule has 4 heteroatoms. The maximum absolute atomic E-state index is 5.73. The smallest absolute Gasteiger partial charge is 0.124 e. The van der Waals surface area contributed by atoms with Gasteiger partial charge in [0, 0.05) is 31.2 Å². The van der Waals surface area contributed by atoms with Crippen LogP contribution in [0.5, 0.6) is 11.5 Å². The second-order valence-corrected chi connectivity index (χ2v) is 5.57. The first-order chi connectivity index (χ1) is 9.65. The molecule has 4 nitrogen and oxygen atoms in total. The van der Waals surface area contributed by atoms with Crippen molar-refractivity contribution in [3.63, 3.8) is 0 Å². The van der Waals surface area contributed by atoms with Gasteiger partial charge >= 0.3 is 0 Å². The number of hydrogen-bond acceptors (Lipinski definition) is 4. The summed E-state index contributed by atoms with van der Waals surface area (Å²) in [7, 11) is 3.44. The van der Waals surface area contributed by atoms with E-state index >= 15 is 0 Å². The van der Waals surface area contributed by atoms with Gasteiger partial charge in [-0.05, 0) is 24.1 Å². The summed E-state index contributed by atoms with van der Waals surface area (Å²) in [6.07, 6.45) is 0.965. The van der Waals surface area contributed by atoms with E-state index in [0.29, 0.717) is 18.6 Å². The fourth-order valence-electron chi connectivity index (χ4n) is 2.54. The summed E-state index contributed by atoms with van der Waals surface area (Å²) in [5.41, 5.74) is 1.18. The maximum atomic E-state index is 5.73. The van der Waals surface area contributed by atoms with E-state index in [9.17, 15) is 0 Å². The van der Waals surface area contributed by atoms with Gasteiger partial charge in [-0.2, -0.15) is 0 Å². The van der Waals surface area contributed by atoms with Crippen LogP contribution in [0.4, 0.5) is 0 Å². The summed E-state index contributed by atoms with van der Waals surface area (Å²) in [5.74, 6) is 2.34. The fraction of sp³-hybridized carbons (Fsp3) is 0.625. The molecule has 20 heavy (non-hydrogen) atoms. The third-order valence-corrected chi connectivity index (χ3v) is 3.82. The molecular weight excluding hydrogens is 254 g/mol. The van der Waals surface area contributed by atoms with E-state index in [-0.39, 0.29) is 6.04 Å². The lowest BCUT2D eigenvalue weighted by atomic mass is 9.96. The number of hydrogen-bond donors (Lipinski definition) is 1. The predicted molar refractivity (Wildman–Crippen MR) is 79.5 cm³/mol. The number of rotatable bonds is 6. The monoisotopic (exact) mass is 279 g/mol. The number of nitrogens with one attached hydrogen (secondary N) is 1. The van der Waals surface area contributed by atoms with Crippen LogP contribution in [0, 0.1) is 5.92 Å². The second-order valence-electron chi connectivity index (χ2n) is 5.57. The SMILES string of the molecule is COCC(NC1CCOc2ccc(OC)cc21)C(C)C. The van der Waals surface area contributed by atoms with Crippen LogP contribution in [-0.4, -0.2) is 33.5 Å². The standard InChI is InChI=1S/C16H25NO3/c1-11(2)15(10-18-3)17-14-7-8-20-16-6-5-12(19-4)9-13(14)16/h5-6,9,11,14-15,17H,7-8,10H2,1-4H3. The first-order valence-corrected chi connectivity index (χ1v) is 7.21. The third-order valence-electron chi connectivity index (χ3n) is 3.82. The van der Waals surface area contributed by atoms with Crippen molar-refractivity contribution >= 4 is 0 Å². The van der Waals surface area contributed by atoms with E-state index in [1.807, 2.05) is 12.1 Å². The average Bonchev–Trinajstić information content (AvgIpc) is 2.46. The lowest BCUT2D eigenvalue weighted by Gasteiger charge is -2.32. The fourth-order valence-corrected chi connectivity index (χ4v) is 2.54. The Balaban J connectivity index is 2.18. The Morgan fingerprint density at radius 2 is 2.15 bits per heavy atom. The molecule has 0 saturated heterocycles. The van der Waals surface area contributed by atoms with E-state index in [1.165, 1.54) is 5.56 Å². The van der Waals surface area contributed by atoms with Gasteiger partial charge in [-0.15, -0.1) is 0 Å². The highest BCUT2D eigenvalue weighted by Gasteiger charge is 2.25. The van der Waals surface area contributed by atoms with Gasteiger partial charge in [0.15, 0.2) is 0 Å². The van der Waals surface area contributed by atoms with Gasteiger partial charge < -0.3 is 19.5 Å². The Kier molecular flexibility index (Phi) is 5.26. The first kappa shape index (κ1) is 15.1. The lowest BCUT2D eigenvalue weighted by molar-refractivity contribution is 0.133. The molecule has 112 valence electrons. The largest absolute Gasteiger partial charge is 0.497 e. The molecule has 0 radical (unpaired) electrons. The molecule has 2 rings (SSSR count).